The van der Waals surface area contributed by atoms with Crippen molar-refractivity contribution in [2.24, 2.45) is 0 Å². The van der Waals surface area contributed by atoms with Gasteiger partial charge in [-0.2, -0.15) is 8.62 Å². The van der Waals surface area contributed by atoms with Crippen LogP contribution < -0.4 is 5.73 Å². The van der Waals surface area contributed by atoms with E-state index >= 15 is 0 Å². The van der Waals surface area contributed by atoms with Crippen molar-refractivity contribution < 1.29 is 64.2 Å². The van der Waals surface area contributed by atoms with E-state index in [-0.39, 0.29) is 57.6 Å². The van der Waals surface area contributed by atoms with Crippen molar-refractivity contribution in [1.29, 1.82) is 0 Å². The SMILES string of the molecule is Nc1ncnc2c1ncn2[C@@H]1O[C@H](COP(=O)(O)OP(=O)(O)OP(=O)(O)O)[C@@H](O)[C@H]1O.[Ca+2].[H-].[H-]. The van der Waals surface area contributed by atoms with Crippen LogP contribution in [0.5, 0.6) is 0 Å². The van der Waals surface area contributed by atoms with Crippen LogP contribution in [-0.2, 0) is 31.6 Å². The van der Waals surface area contributed by atoms with E-state index in [9.17, 15) is 28.8 Å². The molecule has 0 bridgehead atoms. The summed E-state index contributed by atoms with van der Waals surface area (Å²) in [6.07, 6.45) is -3.69. The third-order valence-corrected chi connectivity index (χ3v) is 7.62. The predicted molar refractivity (Wildman–Crippen MR) is 103 cm³/mol. The van der Waals surface area contributed by atoms with Gasteiger partial charge in [-0.25, -0.2) is 28.6 Å². The summed E-state index contributed by atoms with van der Waals surface area (Å²) in [5.41, 5.74) is 6.00. The second-order valence-corrected chi connectivity index (χ2v) is 10.4. The molecular formula is C10H18CaN5O13P3. The molecule has 1 saturated heterocycles. The molecule has 32 heavy (non-hydrogen) atoms. The van der Waals surface area contributed by atoms with Gasteiger partial charge in [-0.1, -0.05) is 0 Å². The molecule has 0 aromatic carbocycles. The van der Waals surface area contributed by atoms with E-state index in [0.717, 1.165) is 6.33 Å². The minimum atomic E-state index is -5.70. The Kier molecular flexibility index (Phi) is 9.02. The average molecular weight is 549 g/mol. The fraction of sp³-hybridized carbons (Fsp3) is 0.500. The summed E-state index contributed by atoms with van der Waals surface area (Å²) in [5.74, 6) is 0.0426. The van der Waals surface area contributed by atoms with Crippen molar-refractivity contribution in [3.63, 3.8) is 0 Å². The molecule has 2 aromatic heterocycles. The molecule has 22 heteroatoms. The number of rotatable bonds is 8. The molecule has 1 fully saturated rings. The van der Waals surface area contributed by atoms with Crippen molar-refractivity contribution in [2.75, 3.05) is 12.3 Å². The molecule has 0 radical (unpaired) electrons. The largest absolute Gasteiger partial charge is 2.00 e. The number of nitrogens with two attached hydrogens (primary N) is 1. The van der Waals surface area contributed by atoms with E-state index in [0.29, 0.717) is 0 Å². The maximum absolute atomic E-state index is 11.8. The number of hydrogen-bond acceptors (Lipinski definition) is 13. The van der Waals surface area contributed by atoms with Crippen LogP contribution >= 0.6 is 23.5 Å². The molecule has 2 unspecified atom stereocenters. The minimum Gasteiger partial charge on any atom is -1.00 e. The van der Waals surface area contributed by atoms with Gasteiger partial charge in [0.25, 0.3) is 0 Å². The summed E-state index contributed by atoms with van der Waals surface area (Å²) in [4.78, 5) is 47.2. The van der Waals surface area contributed by atoms with Gasteiger partial charge >= 0.3 is 61.2 Å². The Bertz CT molecular complexity index is 1120. The molecule has 3 heterocycles. The zero-order chi connectivity index (χ0) is 23.2. The van der Waals surface area contributed by atoms with Crippen LogP contribution in [0.15, 0.2) is 12.7 Å². The van der Waals surface area contributed by atoms with Crippen LogP contribution in [0.4, 0.5) is 5.82 Å². The Hall–Kier alpha value is -0.100. The number of fused-ring (bicyclic) bond motifs is 1. The van der Waals surface area contributed by atoms with Gasteiger partial charge in [0.1, 0.15) is 30.2 Å². The van der Waals surface area contributed by atoms with E-state index in [4.69, 9.17) is 25.2 Å². The van der Waals surface area contributed by atoms with Gasteiger partial charge in [-0.3, -0.25) is 9.09 Å². The second kappa shape index (κ2) is 10.3. The van der Waals surface area contributed by atoms with Crippen LogP contribution in [0.25, 0.3) is 11.2 Å². The Morgan fingerprint density at radius 1 is 1.06 bits per heavy atom. The van der Waals surface area contributed by atoms with Gasteiger partial charge in [0.2, 0.25) is 0 Å². The molecule has 0 spiro atoms. The summed E-state index contributed by atoms with van der Waals surface area (Å²) < 4.78 is 51.9. The molecular weight excluding hydrogens is 531 g/mol. The molecule has 6 atom stereocenters. The van der Waals surface area contributed by atoms with Crippen LogP contribution in [0.1, 0.15) is 9.08 Å². The molecule has 3 rings (SSSR count). The minimum absolute atomic E-state index is 0. The number of imidazole rings is 1. The fourth-order valence-electron chi connectivity index (χ4n) is 2.62. The van der Waals surface area contributed by atoms with Crippen molar-refractivity contribution >= 4 is 78.2 Å². The molecule has 18 nitrogen and oxygen atoms in total. The van der Waals surface area contributed by atoms with Gasteiger partial charge in [-0.15, -0.1) is 0 Å². The van der Waals surface area contributed by atoms with Crippen molar-refractivity contribution in [2.45, 2.75) is 24.5 Å². The smallest absolute Gasteiger partial charge is 1.00 e. The summed E-state index contributed by atoms with van der Waals surface area (Å²) in [6.45, 7) is -0.956. The number of aliphatic hydroxyl groups is 2. The quantitative estimate of drug-likeness (QED) is 0.141. The first-order chi connectivity index (χ1) is 14.2. The first kappa shape index (κ1) is 28.1. The van der Waals surface area contributed by atoms with E-state index < -0.39 is 54.6 Å². The number of ether oxygens (including phenoxy) is 1. The van der Waals surface area contributed by atoms with Crippen molar-refractivity contribution in [1.82, 2.24) is 19.5 Å². The predicted octanol–water partition coefficient (Wildman–Crippen LogP) is -1.78. The van der Waals surface area contributed by atoms with E-state index in [1.165, 1.54) is 10.9 Å². The number of nitrogens with zero attached hydrogens (tertiary/aromatic N) is 4. The Morgan fingerprint density at radius 2 is 1.72 bits per heavy atom. The van der Waals surface area contributed by atoms with Gasteiger partial charge in [0, 0.05) is 0 Å². The van der Waals surface area contributed by atoms with Crippen LogP contribution in [0.3, 0.4) is 0 Å². The summed E-state index contributed by atoms with van der Waals surface area (Å²) in [7, 11) is -16.7. The third kappa shape index (κ3) is 6.73. The first-order valence-electron chi connectivity index (χ1n) is 7.92. The molecule has 178 valence electrons. The standard InChI is InChI=1S/C10H16N5O13P3.Ca.2H/c11-8-5-9(13-2-12-8)15(3-14-5)10-7(17)6(16)4(26-10)1-25-30(21,22)28-31(23,24)27-29(18,19)20;;;/h2-4,6-7,10,16-17H,1H2,(H,21,22)(H,23,24)(H2,11,12,13)(H2,18,19,20);;;/q;+2;2*-1/t4-,6-,7-,10-;;;/m1.../s1. The Balaban J connectivity index is 0.00000363. The van der Waals surface area contributed by atoms with E-state index in [2.05, 4.69) is 28.1 Å². The number of phosphoric ester groups is 1. The Morgan fingerprint density at radius 3 is 2.34 bits per heavy atom. The van der Waals surface area contributed by atoms with Crippen LogP contribution in [0.2, 0.25) is 0 Å². The third-order valence-electron chi connectivity index (χ3n) is 3.82. The van der Waals surface area contributed by atoms with Crippen LogP contribution in [0, 0.1) is 0 Å². The number of aromatic nitrogens is 4. The number of anilines is 1. The fourth-order valence-corrected chi connectivity index (χ4v) is 5.65. The van der Waals surface area contributed by atoms with Crippen molar-refractivity contribution in [3.8, 4) is 0 Å². The Labute approximate surface area is 210 Å². The maximum Gasteiger partial charge on any atom is 2.00 e. The van der Waals surface area contributed by atoms with Gasteiger partial charge in [0.05, 0.1) is 12.9 Å². The molecule has 2 aromatic rings. The zero-order valence-corrected chi connectivity index (χ0v) is 20.5. The summed E-state index contributed by atoms with van der Waals surface area (Å²) >= 11 is 0. The molecule has 1 aliphatic heterocycles. The molecule has 1 aliphatic rings. The zero-order valence-electron chi connectivity index (χ0n) is 17.6. The monoisotopic (exact) mass is 549 g/mol. The van der Waals surface area contributed by atoms with Crippen LogP contribution in [-0.4, -0.2) is 112 Å². The number of hydrogen-bond donors (Lipinski definition) is 7. The van der Waals surface area contributed by atoms with E-state index in [1.54, 1.807) is 0 Å². The number of phosphoric acid groups is 3. The second-order valence-electron chi connectivity index (χ2n) is 6.02. The summed E-state index contributed by atoms with van der Waals surface area (Å²) in [5, 5.41) is 20.4. The average Bonchev–Trinajstić information content (AvgIpc) is 3.13. The van der Waals surface area contributed by atoms with Crippen molar-refractivity contribution in [3.05, 3.63) is 12.7 Å². The number of aliphatic hydroxyl groups excluding tert-OH is 2. The van der Waals surface area contributed by atoms with Gasteiger partial charge in [-0.05, 0) is 0 Å². The molecule has 8 N–H and O–H groups in total. The molecule has 0 saturated carbocycles. The van der Waals surface area contributed by atoms with Gasteiger partial charge in [0.15, 0.2) is 17.7 Å². The normalized spacial score (nSPS) is 27.6. The topological polar surface area (TPSA) is 279 Å². The van der Waals surface area contributed by atoms with E-state index in [1.807, 2.05) is 0 Å². The number of nitrogen functional groups attached to an aromatic ring is 1. The molecule has 0 amide bonds. The summed E-state index contributed by atoms with van der Waals surface area (Å²) in [6, 6.07) is 0. The maximum atomic E-state index is 11.8. The first-order valence-corrected chi connectivity index (χ1v) is 12.4. The molecule has 0 aliphatic carbocycles. The van der Waals surface area contributed by atoms with Gasteiger partial charge < -0.3 is 43.1 Å².